The predicted molar refractivity (Wildman–Crippen MR) is 95.2 cm³/mol. The molecule has 5 nitrogen and oxygen atoms in total. The van der Waals surface area contributed by atoms with E-state index in [0.29, 0.717) is 16.9 Å². The zero-order valence-corrected chi connectivity index (χ0v) is 13.5. The van der Waals surface area contributed by atoms with Crippen molar-refractivity contribution in [2.45, 2.75) is 13.0 Å². The van der Waals surface area contributed by atoms with Crippen molar-refractivity contribution >= 4 is 27.7 Å². The fraction of sp³-hybridized carbons (Fsp3) is 0.100. The minimum absolute atomic E-state index is 0.118. The Kier molecular flexibility index (Phi) is 3.61. The number of hydrogen-bond acceptors (Lipinski definition) is 4. The average molecular weight is 333 g/mol. The van der Waals surface area contributed by atoms with Gasteiger partial charge in [-0.3, -0.25) is 4.79 Å². The Bertz CT molecular complexity index is 1140. The fourth-order valence-corrected chi connectivity index (χ4v) is 2.87. The number of ether oxygens (including phenoxy) is 1. The molecule has 4 rings (SSSR count). The largest absolute Gasteiger partial charge is 0.482 e. The topological polar surface area (TPSA) is 72.3 Å². The van der Waals surface area contributed by atoms with E-state index < -0.39 is 11.7 Å². The standard InChI is InChI=1S/C20H15NO4/c1-12(20(23)16-11-21-17-5-3-2-4-15(16)17)24-14-8-6-13-7-9-19(22)25-18(13)10-14/h2-12,21H,1H3/t12-/m0/s1. The second kappa shape index (κ2) is 5.94. The molecular weight excluding hydrogens is 318 g/mol. The van der Waals surface area contributed by atoms with E-state index >= 15 is 0 Å². The third-order valence-electron chi connectivity index (χ3n) is 4.13. The molecule has 2 heterocycles. The summed E-state index contributed by atoms with van der Waals surface area (Å²) < 4.78 is 10.9. The SMILES string of the molecule is C[C@H](Oc1ccc2ccc(=O)oc2c1)C(=O)c1c[nH]c2ccccc12. The van der Waals surface area contributed by atoms with Gasteiger partial charge in [-0.1, -0.05) is 18.2 Å². The third-order valence-corrected chi connectivity index (χ3v) is 4.13. The van der Waals surface area contributed by atoms with Crippen LogP contribution in [0.15, 0.2) is 70.0 Å². The van der Waals surface area contributed by atoms with Crippen molar-refractivity contribution in [3.05, 3.63) is 76.8 Å². The maximum Gasteiger partial charge on any atom is 0.336 e. The van der Waals surface area contributed by atoms with E-state index in [4.69, 9.17) is 9.15 Å². The summed E-state index contributed by atoms with van der Waals surface area (Å²) in [6, 6.07) is 15.8. The molecule has 0 aliphatic heterocycles. The summed E-state index contributed by atoms with van der Waals surface area (Å²) in [6.07, 6.45) is 1.03. The second-order valence-electron chi connectivity index (χ2n) is 5.83. The Morgan fingerprint density at radius 1 is 1.12 bits per heavy atom. The van der Waals surface area contributed by atoms with E-state index in [1.165, 1.54) is 6.07 Å². The van der Waals surface area contributed by atoms with Gasteiger partial charge in [0.2, 0.25) is 5.78 Å². The molecule has 4 aromatic rings. The maximum atomic E-state index is 12.7. The lowest BCUT2D eigenvalue weighted by atomic mass is 10.1. The van der Waals surface area contributed by atoms with Crippen LogP contribution in [0.1, 0.15) is 17.3 Å². The van der Waals surface area contributed by atoms with Crippen LogP contribution in [0.3, 0.4) is 0 Å². The van der Waals surface area contributed by atoms with Crippen molar-refractivity contribution in [3.63, 3.8) is 0 Å². The number of hydrogen-bond donors (Lipinski definition) is 1. The molecule has 2 aromatic heterocycles. The highest BCUT2D eigenvalue weighted by Crippen LogP contribution is 2.23. The number of carbonyl (C=O) groups is 1. The number of H-pyrrole nitrogens is 1. The lowest BCUT2D eigenvalue weighted by Gasteiger charge is -2.13. The molecule has 0 unspecified atom stereocenters. The van der Waals surface area contributed by atoms with E-state index in [0.717, 1.165) is 16.3 Å². The van der Waals surface area contributed by atoms with Gasteiger partial charge in [-0.05, 0) is 31.2 Å². The summed E-state index contributed by atoms with van der Waals surface area (Å²) in [5, 5.41) is 1.66. The first kappa shape index (κ1) is 15.2. The van der Waals surface area contributed by atoms with E-state index in [1.54, 1.807) is 37.4 Å². The van der Waals surface area contributed by atoms with Gasteiger partial charge in [0.25, 0.3) is 0 Å². The highest BCUT2D eigenvalue weighted by molar-refractivity contribution is 6.09. The summed E-state index contributed by atoms with van der Waals surface area (Å²) >= 11 is 0. The normalized spacial score (nSPS) is 12.4. The van der Waals surface area contributed by atoms with Crippen LogP contribution < -0.4 is 10.4 Å². The molecule has 0 spiro atoms. The van der Waals surface area contributed by atoms with Gasteiger partial charge in [-0.2, -0.15) is 0 Å². The van der Waals surface area contributed by atoms with Crippen molar-refractivity contribution in [2.24, 2.45) is 0 Å². The van der Waals surface area contributed by atoms with Gasteiger partial charge in [0.1, 0.15) is 11.3 Å². The van der Waals surface area contributed by atoms with Crippen LogP contribution >= 0.6 is 0 Å². The number of nitrogens with one attached hydrogen (secondary N) is 1. The van der Waals surface area contributed by atoms with Crippen molar-refractivity contribution in [2.75, 3.05) is 0 Å². The Balaban J connectivity index is 1.62. The highest BCUT2D eigenvalue weighted by Gasteiger charge is 2.20. The van der Waals surface area contributed by atoms with Crippen molar-refractivity contribution < 1.29 is 13.9 Å². The minimum Gasteiger partial charge on any atom is -0.482 e. The van der Waals surface area contributed by atoms with Crippen LogP contribution in [0.5, 0.6) is 5.75 Å². The zero-order valence-electron chi connectivity index (χ0n) is 13.5. The number of carbonyl (C=O) groups excluding carboxylic acids is 1. The number of fused-ring (bicyclic) bond motifs is 2. The zero-order chi connectivity index (χ0) is 17.4. The van der Waals surface area contributed by atoms with Crippen LogP contribution in [0.4, 0.5) is 0 Å². The Morgan fingerprint density at radius 2 is 1.92 bits per heavy atom. The monoisotopic (exact) mass is 333 g/mol. The first-order chi connectivity index (χ1) is 12.1. The molecule has 0 saturated carbocycles. The molecule has 0 fully saturated rings. The molecule has 0 radical (unpaired) electrons. The summed E-state index contributed by atoms with van der Waals surface area (Å²) in [4.78, 5) is 27.2. The molecule has 2 aromatic carbocycles. The molecule has 25 heavy (non-hydrogen) atoms. The number of rotatable bonds is 4. The van der Waals surface area contributed by atoms with E-state index in [-0.39, 0.29) is 5.78 Å². The average Bonchev–Trinajstić information content (AvgIpc) is 3.04. The number of Topliss-reactive ketones (excluding diaryl/α,β-unsaturated/α-hetero) is 1. The van der Waals surface area contributed by atoms with Crippen LogP contribution in [0.2, 0.25) is 0 Å². The van der Waals surface area contributed by atoms with Crippen LogP contribution in [-0.4, -0.2) is 16.9 Å². The second-order valence-corrected chi connectivity index (χ2v) is 5.83. The molecule has 124 valence electrons. The summed E-state index contributed by atoms with van der Waals surface area (Å²) in [5.74, 6) is 0.356. The lowest BCUT2D eigenvalue weighted by molar-refractivity contribution is 0.0820. The fourth-order valence-electron chi connectivity index (χ4n) is 2.87. The molecule has 1 atom stereocenters. The first-order valence-corrected chi connectivity index (χ1v) is 7.93. The number of benzene rings is 2. The van der Waals surface area contributed by atoms with Crippen molar-refractivity contribution in [1.29, 1.82) is 0 Å². The van der Waals surface area contributed by atoms with E-state index in [1.807, 2.05) is 24.3 Å². The van der Waals surface area contributed by atoms with Crippen molar-refractivity contribution in [3.8, 4) is 5.75 Å². The minimum atomic E-state index is -0.674. The van der Waals surface area contributed by atoms with Gasteiger partial charge in [0.15, 0.2) is 6.10 Å². The molecule has 5 heteroatoms. The summed E-state index contributed by atoms with van der Waals surface area (Å²) in [7, 11) is 0. The summed E-state index contributed by atoms with van der Waals surface area (Å²) in [6.45, 7) is 1.70. The summed E-state index contributed by atoms with van der Waals surface area (Å²) in [5.41, 5.74) is 1.50. The molecule has 0 aliphatic carbocycles. The van der Waals surface area contributed by atoms with Gasteiger partial charge in [0.05, 0.1) is 0 Å². The molecule has 0 amide bonds. The lowest BCUT2D eigenvalue weighted by Crippen LogP contribution is -2.23. The van der Waals surface area contributed by atoms with Gasteiger partial charge >= 0.3 is 5.63 Å². The number of aromatic nitrogens is 1. The Hall–Kier alpha value is -3.34. The molecule has 0 saturated heterocycles. The predicted octanol–water partition coefficient (Wildman–Crippen LogP) is 3.92. The first-order valence-electron chi connectivity index (χ1n) is 7.93. The van der Waals surface area contributed by atoms with Gasteiger partial charge in [0, 0.05) is 40.2 Å². The van der Waals surface area contributed by atoms with Crippen LogP contribution in [0, 0.1) is 0 Å². The Morgan fingerprint density at radius 3 is 2.80 bits per heavy atom. The molecule has 1 N–H and O–H groups in total. The molecule has 0 bridgehead atoms. The Labute approximate surface area is 142 Å². The highest BCUT2D eigenvalue weighted by atomic mass is 16.5. The molecular formula is C20H15NO4. The molecule has 0 aliphatic rings. The third kappa shape index (κ3) is 2.80. The van der Waals surface area contributed by atoms with Gasteiger partial charge in [-0.25, -0.2) is 4.79 Å². The maximum absolute atomic E-state index is 12.7. The number of ketones is 1. The van der Waals surface area contributed by atoms with Crippen LogP contribution in [-0.2, 0) is 0 Å². The van der Waals surface area contributed by atoms with E-state index in [9.17, 15) is 9.59 Å². The van der Waals surface area contributed by atoms with E-state index in [2.05, 4.69) is 4.98 Å². The quantitative estimate of drug-likeness (QED) is 0.454. The number of aromatic amines is 1. The van der Waals surface area contributed by atoms with Gasteiger partial charge in [-0.15, -0.1) is 0 Å². The van der Waals surface area contributed by atoms with Gasteiger partial charge < -0.3 is 14.1 Å². The number of para-hydroxylation sites is 1. The van der Waals surface area contributed by atoms with Crippen molar-refractivity contribution in [1.82, 2.24) is 4.98 Å². The smallest absolute Gasteiger partial charge is 0.336 e. The van der Waals surface area contributed by atoms with Crippen LogP contribution in [0.25, 0.3) is 21.9 Å².